The first-order valence-electron chi connectivity index (χ1n) is 6.61. The van der Waals surface area contributed by atoms with Crippen molar-refractivity contribution in [1.82, 2.24) is 4.98 Å². The average Bonchev–Trinajstić information content (AvgIpc) is 2.45. The normalized spacial score (nSPS) is 11.1. The molecule has 5 nitrogen and oxygen atoms in total. The van der Waals surface area contributed by atoms with Gasteiger partial charge in [0.25, 0.3) is 0 Å². The summed E-state index contributed by atoms with van der Waals surface area (Å²) in [5.41, 5.74) is 0.964. The number of hydrogen-bond acceptors (Lipinski definition) is 5. The molecule has 1 heterocycles. The molecule has 0 bridgehead atoms. The molecule has 1 aromatic heterocycles. The molecule has 0 saturated carbocycles. The molecule has 1 N–H and O–H groups in total. The minimum atomic E-state index is -3.22. The van der Waals surface area contributed by atoms with Gasteiger partial charge in [0.05, 0.1) is 4.90 Å². The highest BCUT2D eigenvalue weighted by molar-refractivity contribution is 7.90. The van der Waals surface area contributed by atoms with Gasteiger partial charge >= 0.3 is 0 Å². The molecule has 0 radical (unpaired) electrons. The summed E-state index contributed by atoms with van der Waals surface area (Å²) in [5.74, 6) is 1.32. The Labute approximate surface area is 124 Å². The van der Waals surface area contributed by atoms with E-state index in [1.807, 2.05) is 19.1 Å². The number of pyridine rings is 1. The Hall–Kier alpha value is -2.08. The Morgan fingerprint density at radius 3 is 2.76 bits per heavy atom. The fourth-order valence-electron chi connectivity index (χ4n) is 1.80. The smallest absolute Gasteiger partial charge is 0.175 e. The zero-order valence-corrected chi connectivity index (χ0v) is 12.9. The molecule has 2 rings (SSSR count). The van der Waals surface area contributed by atoms with E-state index in [1.54, 1.807) is 24.4 Å². The number of nitrogens with zero attached hydrogens (tertiary/aromatic N) is 1. The van der Waals surface area contributed by atoms with Crippen LogP contribution in [0.1, 0.15) is 12.5 Å². The Kier molecular flexibility index (Phi) is 4.80. The van der Waals surface area contributed by atoms with Crippen LogP contribution in [0.15, 0.2) is 47.5 Å². The number of sulfone groups is 1. The van der Waals surface area contributed by atoms with Gasteiger partial charge < -0.3 is 10.1 Å². The highest BCUT2D eigenvalue weighted by atomic mass is 32.2. The lowest BCUT2D eigenvalue weighted by Crippen LogP contribution is -2.02. The second-order valence-electron chi connectivity index (χ2n) is 4.62. The summed E-state index contributed by atoms with van der Waals surface area (Å²) in [6.07, 6.45) is 2.89. The minimum Gasteiger partial charge on any atom is -0.489 e. The summed E-state index contributed by atoms with van der Waals surface area (Å²) in [4.78, 5) is 4.44. The first-order valence-corrected chi connectivity index (χ1v) is 8.50. The second kappa shape index (κ2) is 6.58. The SMILES string of the molecule is CCNc1cc(COc2cccc(S(C)(=O)=O)c2)ccn1. The molecular formula is C15H18N2O3S. The van der Waals surface area contributed by atoms with Crippen molar-refractivity contribution >= 4 is 15.7 Å². The quantitative estimate of drug-likeness (QED) is 0.888. The van der Waals surface area contributed by atoms with Gasteiger partial charge in [0, 0.05) is 19.0 Å². The van der Waals surface area contributed by atoms with Gasteiger partial charge in [-0.3, -0.25) is 0 Å². The van der Waals surface area contributed by atoms with Crippen molar-refractivity contribution in [3.05, 3.63) is 48.2 Å². The van der Waals surface area contributed by atoms with E-state index in [4.69, 9.17) is 4.74 Å². The van der Waals surface area contributed by atoms with Crippen LogP contribution in [-0.2, 0) is 16.4 Å². The van der Waals surface area contributed by atoms with Crippen molar-refractivity contribution in [3.63, 3.8) is 0 Å². The predicted molar refractivity (Wildman–Crippen MR) is 82.3 cm³/mol. The summed E-state index contributed by atoms with van der Waals surface area (Å²) < 4.78 is 28.6. The van der Waals surface area contributed by atoms with Crippen molar-refractivity contribution in [2.75, 3.05) is 18.1 Å². The molecule has 0 unspecified atom stereocenters. The maximum Gasteiger partial charge on any atom is 0.175 e. The third kappa shape index (κ3) is 4.46. The van der Waals surface area contributed by atoms with Crippen LogP contribution in [-0.4, -0.2) is 26.2 Å². The molecule has 0 spiro atoms. The van der Waals surface area contributed by atoms with Gasteiger partial charge in [-0.1, -0.05) is 6.07 Å². The van der Waals surface area contributed by atoms with Gasteiger partial charge in [0.15, 0.2) is 9.84 Å². The standard InChI is InChI=1S/C15H18N2O3S/c1-3-16-15-9-12(7-8-17-15)11-20-13-5-4-6-14(10-13)21(2,18)19/h4-10H,3,11H2,1-2H3,(H,16,17). The number of anilines is 1. The lowest BCUT2D eigenvalue weighted by atomic mass is 10.2. The summed E-state index contributed by atoms with van der Waals surface area (Å²) in [6.45, 7) is 3.16. The zero-order chi connectivity index (χ0) is 15.3. The van der Waals surface area contributed by atoms with Gasteiger partial charge in [-0.15, -0.1) is 0 Å². The van der Waals surface area contributed by atoms with E-state index in [0.29, 0.717) is 12.4 Å². The Morgan fingerprint density at radius 2 is 2.05 bits per heavy atom. The summed E-state index contributed by atoms with van der Waals surface area (Å²) in [7, 11) is -3.22. The third-order valence-corrected chi connectivity index (χ3v) is 3.93. The number of hydrogen-bond donors (Lipinski definition) is 1. The van der Waals surface area contributed by atoms with E-state index in [0.717, 1.165) is 17.9 Å². The third-order valence-electron chi connectivity index (χ3n) is 2.82. The molecule has 21 heavy (non-hydrogen) atoms. The monoisotopic (exact) mass is 306 g/mol. The zero-order valence-electron chi connectivity index (χ0n) is 12.0. The van der Waals surface area contributed by atoms with Crippen LogP contribution < -0.4 is 10.1 Å². The van der Waals surface area contributed by atoms with Crippen LogP contribution in [0.5, 0.6) is 5.75 Å². The molecule has 0 amide bonds. The van der Waals surface area contributed by atoms with Crippen LogP contribution in [0.2, 0.25) is 0 Å². The number of rotatable bonds is 6. The van der Waals surface area contributed by atoms with Crippen molar-refractivity contribution < 1.29 is 13.2 Å². The van der Waals surface area contributed by atoms with Crippen molar-refractivity contribution in [3.8, 4) is 5.75 Å². The van der Waals surface area contributed by atoms with E-state index in [1.165, 1.54) is 12.3 Å². The van der Waals surface area contributed by atoms with Gasteiger partial charge in [0.2, 0.25) is 0 Å². The van der Waals surface area contributed by atoms with Crippen molar-refractivity contribution in [1.29, 1.82) is 0 Å². The highest BCUT2D eigenvalue weighted by Gasteiger charge is 2.08. The number of benzene rings is 1. The lowest BCUT2D eigenvalue weighted by molar-refractivity contribution is 0.305. The molecular weight excluding hydrogens is 288 g/mol. The van der Waals surface area contributed by atoms with Crippen LogP contribution >= 0.6 is 0 Å². The number of aromatic nitrogens is 1. The fraction of sp³-hybridized carbons (Fsp3) is 0.267. The minimum absolute atomic E-state index is 0.253. The Morgan fingerprint density at radius 1 is 1.24 bits per heavy atom. The predicted octanol–water partition coefficient (Wildman–Crippen LogP) is 2.50. The van der Waals surface area contributed by atoms with E-state index in [2.05, 4.69) is 10.3 Å². The van der Waals surface area contributed by atoms with E-state index >= 15 is 0 Å². The first kappa shape index (κ1) is 15.3. The Bertz CT molecular complexity index is 714. The molecule has 0 atom stereocenters. The molecule has 112 valence electrons. The van der Waals surface area contributed by atoms with Crippen molar-refractivity contribution in [2.24, 2.45) is 0 Å². The molecule has 0 aliphatic heterocycles. The topological polar surface area (TPSA) is 68.3 Å². The Balaban J connectivity index is 2.08. The maximum atomic E-state index is 11.5. The molecule has 0 fully saturated rings. The first-order chi connectivity index (χ1) is 9.99. The van der Waals surface area contributed by atoms with Gasteiger partial charge in [-0.2, -0.15) is 0 Å². The highest BCUT2D eigenvalue weighted by Crippen LogP contribution is 2.19. The number of ether oxygens (including phenoxy) is 1. The molecule has 0 aliphatic carbocycles. The second-order valence-corrected chi connectivity index (χ2v) is 6.63. The van der Waals surface area contributed by atoms with Crippen LogP contribution in [0.4, 0.5) is 5.82 Å². The summed E-state index contributed by atoms with van der Waals surface area (Å²) in [5, 5.41) is 3.13. The largest absolute Gasteiger partial charge is 0.489 e. The van der Waals surface area contributed by atoms with E-state index < -0.39 is 9.84 Å². The van der Waals surface area contributed by atoms with Crippen LogP contribution in [0, 0.1) is 0 Å². The maximum absolute atomic E-state index is 11.5. The van der Waals surface area contributed by atoms with Crippen molar-refractivity contribution in [2.45, 2.75) is 18.4 Å². The lowest BCUT2D eigenvalue weighted by Gasteiger charge is -2.09. The molecule has 6 heteroatoms. The van der Waals surface area contributed by atoms with E-state index in [-0.39, 0.29) is 4.90 Å². The van der Waals surface area contributed by atoms with Crippen LogP contribution in [0.3, 0.4) is 0 Å². The molecule has 0 aliphatic rings. The molecule has 0 saturated heterocycles. The van der Waals surface area contributed by atoms with Crippen LogP contribution in [0.25, 0.3) is 0 Å². The summed E-state index contributed by atoms with van der Waals surface area (Å²) in [6, 6.07) is 10.3. The van der Waals surface area contributed by atoms with Gasteiger partial charge in [-0.25, -0.2) is 13.4 Å². The van der Waals surface area contributed by atoms with Gasteiger partial charge in [-0.05, 0) is 42.8 Å². The average molecular weight is 306 g/mol. The van der Waals surface area contributed by atoms with E-state index in [9.17, 15) is 8.42 Å². The number of nitrogens with one attached hydrogen (secondary N) is 1. The summed E-state index contributed by atoms with van der Waals surface area (Å²) >= 11 is 0. The molecule has 2 aromatic rings. The van der Waals surface area contributed by atoms with Gasteiger partial charge in [0.1, 0.15) is 18.2 Å². The molecule has 1 aromatic carbocycles. The fourth-order valence-corrected chi connectivity index (χ4v) is 2.46.